The molecule has 0 saturated heterocycles. The first-order valence-electron chi connectivity index (χ1n) is 5.80. The third-order valence-electron chi connectivity index (χ3n) is 2.27. The molecule has 3 nitrogen and oxygen atoms in total. The summed E-state index contributed by atoms with van der Waals surface area (Å²) in [6, 6.07) is 5.47. The first kappa shape index (κ1) is 14.3. The van der Waals surface area contributed by atoms with E-state index in [9.17, 15) is 4.79 Å². The van der Waals surface area contributed by atoms with E-state index in [1.165, 1.54) is 7.11 Å². The number of hydrogen-bond acceptors (Lipinski definition) is 3. The fourth-order valence-electron chi connectivity index (χ4n) is 1.32. The van der Waals surface area contributed by atoms with Gasteiger partial charge in [-0.25, -0.2) is 0 Å². The molecule has 0 aliphatic heterocycles. The van der Waals surface area contributed by atoms with Crippen LogP contribution in [-0.2, 0) is 16.0 Å². The molecule has 96 valence electrons. The van der Waals surface area contributed by atoms with E-state index < -0.39 is 8.07 Å². The highest BCUT2D eigenvalue weighted by Crippen LogP contribution is 2.14. The van der Waals surface area contributed by atoms with Crippen molar-refractivity contribution in [2.75, 3.05) is 12.8 Å². The number of hydrogen-bond donors (Lipinski definition) is 1. The number of nitrogens with two attached hydrogens (primary N) is 1. The second-order valence-corrected chi connectivity index (χ2v) is 9.92. The largest absolute Gasteiger partial charge is 0.469 e. The lowest BCUT2D eigenvalue weighted by atomic mass is 10.1. The Labute approximate surface area is 109 Å². The maximum Gasteiger partial charge on any atom is 0.309 e. The van der Waals surface area contributed by atoms with Crippen molar-refractivity contribution in [2.24, 2.45) is 0 Å². The number of benzene rings is 1. The lowest BCUT2D eigenvalue weighted by Gasteiger charge is -2.06. The Morgan fingerprint density at radius 1 is 1.39 bits per heavy atom. The van der Waals surface area contributed by atoms with Crippen LogP contribution in [0.25, 0.3) is 0 Å². The molecule has 0 radical (unpaired) electrons. The number of carbonyl (C=O) groups excluding carboxylic acids is 1. The topological polar surface area (TPSA) is 52.3 Å². The average molecular weight is 261 g/mol. The van der Waals surface area contributed by atoms with Crippen LogP contribution in [0.15, 0.2) is 18.2 Å². The summed E-state index contributed by atoms with van der Waals surface area (Å²) in [6.07, 6.45) is 0.248. The van der Waals surface area contributed by atoms with Crippen LogP contribution in [0.2, 0.25) is 19.6 Å². The average Bonchev–Trinajstić information content (AvgIpc) is 2.28. The fourth-order valence-corrected chi connectivity index (χ4v) is 1.82. The summed E-state index contributed by atoms with van der Waals surface area (Å²) in [6.45, 7) is 6.53. The van der Waals surface area contributed by atoms with Gasteiger partial charge in [-0.2, -0.15) is 0 Å². The minimum absolute atomic E-state index is 0.248. The highest BCUT2D eigenvalue weighted by molar-refractivity contribution is 6.83. The Morgan fingerprint density at radius 3 is 2.61 bits per heavy atom. The fraction of sp³-hybridized carbons (Fsp3) is 0.357. The van der Waals surface area contributed by atoms with Crippen LogP contribution in [0, 0.1) is 11.5 Å². The molecule has 0 atom stereocenters. The van der Waals surface area contributed by atoms with Crippen molar-refractivity contribution in [3.63, 3.8) is 0 Å². The smallest absolute Gasteiger partial charge is 0.309 e. The summed E-state index contributed by atoms with van der Waals surface area (Å²) in [5.41, 5.74) is 11.5. The highest BCUT2D eigenvalue weighted by atomic mass is 28.3. The monoisotopic (exact) mass is 261 g/mol. The maximum atomic E-state index is 11.2. The number of methoxy groups -OCH3 is 1. The van der Waals surface area contributed by atoms with Crippen molar-refractivity contribution >= 4 is 19.7 Å². The van der Waals surface area contributed by atoms with E-state index in [4.69, 9.17) is 5.73 Å². The van der Waals surface area contributed by atoms with Gasteiger partial charge in [0, 0.05) is 11.3 Å². The van der Waals surface area contributed by atoms with Gasteiger partial charge >= 0.3 is 5.97 Å². The van der Waals surface area contributed by atoms with E-state index in [0.717, 1.165) is 11.1 Å². The summed E-state index contributed by atoms with van der Waals surface area (Å²) in [5, 5.41) is 0. The van der Waals surface area contributed by atoms with Crippen molar-refractivity contribution in [1.82, 2.24) is 0 Å². The zero-order chi connectivity index (χ0) is 13.8. The molecule has 0 saturated carbocycles. The Balaban J connectivity index is 3.01. The van der Waals surface area contributed by atoms with E-state index in [2.05, 4.69) is 35.8 Å². The van der Waals surface area contributed by atoms with Crippen LogP contribution in [0.4, 0.5) is 5.69 Å². The van der Waals surface area contributed by atoms with Crippen LogP contribution in [0.1, 0.15) is 11.1 Å². The van der Waals surface area contributed by atoms with Crippen LogP contribution in [0.5, 0.6) is 0 Å². The molecule has 0 aliphatic carbocycles. The Morgan fingerprint density at radius 2 is 2.06 bits per heavy atom. The SMILES string of the molecule is COC(=O)Cc1ccc(N)c(C#C[Si](C)(C)C)c1. The quantitative estimate of drug-likeness (QED) is 0.384. The summed E-state index contributed by atoms with van der Waals surface area (Å²) >= 11 is 0. The number of ether oxygens (including phenoxy) is 1. The highest BCUT2D eigenvalue weighted by Gasteiger charge is 2.09. The van der Waals surface area contributed by atoms with Gasteiger partial charge in [0.15, 0.2) is 0 Å². The first-order valence-corrected chi connectivity index (χ1v) is 9.30. The van der Waals surface area contributed by atoms with Crippen molar-refractivity contribution in [3.8, 4) is 11.5 Å². The minimum Gasteiger partial charge on any atom is -0.469 e. The van der Waals surface area contributed by atoms with Gasteiger partial charge in [0.2, 0.25) is 0 Å². The third kappa shape index (κ3) is 4.64. The van der Waals surface area contributed by atoms with E-state index in [1.54, 1.807) is 6.07 Å². The third-order valence-corrected chi connectivity index (χ3v) is 3.14. The standard InChI is InChI=1S/C14H19NO2Si/c1-17-14(16)10-11-5-6-13(15)12(9-11)7-8-18(2,3)4/h5-6,9H,10,15H2,1-4H3. The van der Waals surface area contributed by atoms with Gasteiger partial charge in [0.1, 0.15) is 8.07 Å². The predicted octanol–water partition coefficient (Wildman–Crippen LogP) is 2.21. The van der Waals surface area contributed by atoms with Gasteiger partial charge in [-0.1, -0.05) is 31.6 Å². The van der Waals surface area contributed by atoms with Gasteiger partial charge in [0.25, 0.3) is 0 Å². The molecule has 0 amide bonds. The van der Waals surface area contributed by atoms with Crippen LogP contribution in [0.3, 0.4) is 0 Å². The predicted molar refractivity (Wildman–Crippen MR) is 76.8 cm³/mol. The Hall–Kier alpha value is -1.73. The van der Waals surface area contributed by atoms with Crippen molar-refractivity contribution in [3.05, 3.63) is 29.3 Å². The molecule has 1 aromatic rings. The molecular formula is C14H19NO2Si. The van der Waals surface area contributed by atoms with Gasteiger partial charge in [-0.3, -0.25) is 4.79 Å². The second-order valence-electron chi connectivity index (χ2n) is 5.17. The van der Waals surface area contributed by atoms with Crippen molar-refractivity contribution in [1.29, 1.82) is 0 Å². The van der Waals surface area contributed by atoms with Crippen LogP contribution in [-0.4, -0.2) is 21.2 Å². The first-order chi connectivity index (χ1) is 8.31. The Bertz CT molecular complexity index is 507. The number of anilines is 1. The van der Waals surface area contributed by atoms with E-state index in [0.29, 0.717) is 5.69 Å². The van der Waals surface area contributed by atoms with Crippen molar-refractivity contribution in [2.45, 2.75) is 26.1 Å². The molecule has 1 aromatic carbocycles. The van der Waals surface area contributed by atoms with E-state index >= 15 is 0 Å². The van der Waals surface area contributed by atoms with Crippen molar-refractivity contribution < 1.29 is 9.53 Å². The molecular weight excluding hydrogens is 242 g/mol. The molecule has 4 heteroatoms. The number of carbonyl (C=O) groups is 1. The molecule has 0 unspecified atom stereocenters. The lowest BCUT2D eigenvalue weighted by molar-refractivity contribution is -0.139. The summed E-state index contributed by atoms with van der Waals surface area (Å²) < 4.78 is 4.64. The molecule has 0 bridgehead atoms. The van der Waals surface area contributed by atoms with Gasteiger partial charge in [0.05, 0.1) is 13.5 Å². The molecule has 18 heavy (non-hydrogen) atoms. The Kier molecular flexibility index (Phi) is 4.57. The molecule has 0 aromatic heterocycles. The molecule has 0 fully saturated rings. The molecule has 1 rings (SSSR count). The molecule has 0 aliphatic rings. The lowest BCUT2D eigenvalue weighted by Crippen LogP contribution is -2.16. The molecule has 0 spiro atoms. The van der Waals surface area contributed by atoms with Gasteiger partial charge in [-0.05, 0) is 17.7 Å². The zero-order valence-corrected chi connectivity index (χ0v) is 12.3. The van der Waals surface area contributed by atoms with E-state index in [1.807, 2.05) is 12.1 Å². The minimum atomic E-state index is -1.43. The number of rotatable bonds is 2. The van der Waals surface area contributed by atoms with Crippen LogP contribution >= 0.6 is 0 Å². The summed E-state index contributed by atoms with van der Waals surface area (Å²) in [5.74, 6) is 2.86. The molecule has 0 heterocycles. The maximum absolute atomic E-state index is 11.2. The summed E-state index contributed by atoms with van der Waals surface area (Å²) in [4.78, 5) is 11.2. The summed E-state index contributed by atoms with van der Waals surface area (Å²) in [7, 11) is -0.0470. The van der Waals surface area contributed by atoms with Crippen LogP contribution < -0.4 is 5.73 Å². The second kappa shape index (κ2) is 5.74. The van der Waals surface area contributed by atoms with Gasteiger partial charge in [-0.15, -0.1) is 5.54 Å². The van der Waals surface area contributed by atoms with E-state index in [-0.39, 0.29) is 12.4 Å². The zero-order valence-electron chi connectivity index (χ0n) is 11.3. The number of nitrogen functional groups attached to an aromatic ring is 1. The number of esters is 1. The molecule has 2 N–H and O–H groups in total. The van der Waals surface area contributed by atoms with Gasteiger partial charge < -0.3 is 10.5 Å². The normalized spacial score (nSPS) is 10.4.